The van der Waals surface area contributed by atoms with Gasteiger partial charge in [0.05, 0.1) is 23.9 Å². The first-order valence-electron chi connectivity index (χ1n) is 5.70. The lowest BCUT2D eigenvalue weighted by molar-refractivity contribution is -0.131. The third-order valence-electron chi connectivity index (χ3n) is 2.74. The van der Waals surface area contributed by atoms with Gasteiger partial charge in [0.1, 0.15) is 0 Å². The molecule has 2 rings (SSSR count). The first-order chi connectivity index (χ1) is 8.66. The molecule has 1 aliphatic rings. The SMILES string of the molecule is O=C(O)/C=C/c1ccc(N2CCOCC2)c(Cl)c1. The van der Waals surface area contributed by atoms with Crippen LogP contribution in [0.3, 0.4) is 0 Å². The summed E-state index contributed by atoms with van der Waals surface area (Å²) in [5.74, 6) is -0.969. The predicted molar refractivity (Wildman–Crippen MR) is 71.2 cm³/mol. The fraction of sp³-hybridized carbons (Fsp3) is 0.308. The molecule has 1 heterocycles. The Morgan fingerprint density at radius 3 is 2.72 bits per heavy atom. The highest BCUT2D eigenvalue weighted by Gasteiger charge is 2.13. The summed E-state index contributed by atoms with van der Waals surface area (Å²) in [5.41, 5.74) is 1.74. The van der Waals surface area contributed by atoms with Gasteiger partial charge >= 0.3 is 5.97 Å². The van der Waals surface area contributed by atoms with Crippen LogP contribution >= 0.6 is 11.6 Å². The summed E-state index contributed by atoms with van der Waals surface area (Å²) in [4.78, 5) is 12.6. The van der Waals surface area contributed by atoms with Gasteiger partial charge < -0.3 is 14.7 Å². The lowest BCUT2D eigenvalue weighted by Crippen LogP contribution is -2.36. The zero-order valence-electron chi connectivity index (χ0n) is 9.80. The van der Waals surface area contributed by atoms with Crippen LogP contribution in [0.5, 0.6) is 0 Å². The number of anilines is 1. The Labute approximate surface area is 110 Å². The molecule has 1 aromatic rings. The normalized spacial score (nSPS) is 16.2. The van der Waals surface area contributed by atoms with Gasteiger partial charge in [0.2, 0.25) is 0 Å². The van der Waals surface area contributed by atoms with E-state index in [0.717, 1.165) is 30.4 Å². The van der Waals surface area contributed by atoms with Crippen LogP contribution in [0, 0.1) is 0 Å². The van der Waals surface area contributed by atoms with Crippen molar-refractivity contribution >= 4 is 29.3 Å². The van der Waals surface area contributed by atoms with Crippen LogP contribution in [-0.4, -0.2) is 37.4 Å². The van der Waals surface area contributed by atoms with Crippen molar-refractivity contribution < 1.29 is 14.6 Å². The minimum Gasteiger partial charge on any atom is -0.478 e. The third-order valence-corrected chi connectivity index (χ3v) is 3.04. The van der Waals surface area contributed by atoms with Crippen LogP contribution in [0.25, 0.3) is 6.08 Å². The average molecular weight is 268 g/mol. The van der Waals surface area contributed by atoms with Gasteiger partial charge in [0.15, 0.2) is 0 Å². The molecule has 96 valence electrons. The van der Waals surface area contributed by atoms with Crippen LogP contribution < -0.4 is 4.90 Å². The van der Waals surface area contributed by atoms with E-state index < -0.39 is 5.97 Å². The summed E-state index contributed by atoms with van der Waals surface area (Å²) < 4.78 is 5.29. The number of ether oxygens (including phenoxy) is 1. The standard InChI is InChI=1S/C13H14ClNO3/c14-11-9-10(2-4-13(16)17)1-3-12(11)15-5-7-18-8-6-15/h1-4,9H,5-8H2,(H,16,17)/b4-2+. The quantitative estimate of drug-likeness (QED) is 0.854. The lowest BCUT2D eigenvalue weighted by Gasteiger charge is -2.29. The van der Waals surface area contributed by atoms with Crippen molar-refractivity contribution in [3.63, 3.8) is 0 Å². The highest BCUT2D eigenvalue weighted by atomic mass is 35.5. The van der Waals surface area contributed by atoms with Crippen LogP contribution in [-0.2, 0) is 9.53 Å². The van der Waals surface area contributed by atoms with Crippen molar-refractivity contribution in [2.24, 2.45) is 0 Å². The average Bonchev–Trinajstić information content (AvgIpc) is 2.37. The number of halogens is 1. The molecule has 1 N–H and O–H groups in total. The number of aliphatic carboxylic acids is 1. The zero-order chi connectivity index (χ0) is 13.0. The van der Waals surface area contributed by atoms with Crippen molar-refractivity contribution in [1.82, 2.24) is 0 Å². The Balaban J connectivity index is 2.16. The van der Waals surface area contributed by atoms with E-state index in [4.69, 9.17) is 21.4 Å². The van der Waals surface area contributed by atoms with Gasteiger partial charge in [-0.1, -0.05) is 17.7 Å². The van der Waals surface area contributed by atoms with Gasteiger partial charge in [0.25, 0.3) is 0 Å². The second kappa shape index (κ2) is 5.89. The number of hydrogen-bond donors (Lipinski definition) is 1. The summed E-state index contributed by atoms with van der Waals surface area (Å²) in [6.45, 7) is 3.06. The third kappa shape index (κ3) is 3.24. The molecule has 0 bridgehead atoms. The molecule has 0 aliphatic carbocycles. The molecule has 0 aromatic heterocycles. The highest BCUT2D eigenvalue weighted by Crippen LogP contribution is 2.27. The number of morpholine rings is 1. The molecule has 1 saturated heterocycles. The van der Waals surface area contributed by atoms with Gasteiger partial charge in [-0.3, -0.25) is 0 Å². The van der Waals surface area contributed by atoms with E-state index in [0.29, 0.717) is 18.2 Å². The summed E-state index contributed by atoms with van der Waals surface area (Å²) in [7, 11) is 0. The Hall–Kier alpha value is -1.52. The maximum absolute atomic E-state index is 10.4. The smallest absolute Gasteiger partial charge is 0.328 e. The largest absolute Gasteiger partial charge is 0.478 e. The topological polar surface area (TPSA) is 49.8 Å². The molecule has 0 amide bonds. The fourth-order valence-corrected chi connectivity index (χ4v) is 2.16. The second-order valence-electron chi connectivity index (χ2n) is 3.98. The van der Waals surface area contributed by atoms with Gasteiger partial charge in [-0.2, -0.15) is 0 Å². The molecule has 0 atom stereocenters. The first kappa shape index (κ1) is 12.9. The molecular weight excluding hydrogens is 254 g/mol. The molecule has 0 saturated carbocycles. The van der Waals surface area contributed by atoms with Gasteiger partial charge in [-0.05, 0) is 23.8 Å². The van der Waals surface area contributed by atoms with Crippen molar-refractivity contribution in [3.8, 4) is 0 Å². The molecule has 0 radical (unpaired) electrons. The van der Waals surface area contributed by atoms with Crippen molar-refractivity contribution in [2.45, 2.75) is 0 Å². The Morgan fingerprint density at radius 1 is 1.39 bits per heavy atom. The number of carbonyl (C=O) groups is 1. The van der Waals surface area contributed by atoms with Gasteiger partial charge in [-0.25, -0.2) is 4.79 Å². The molecule has 1 aromatic carbocycles. The van der Waals surface area contributed by atoms with Gasteiger partial charge in [0, 0.05) is 19.2 Å². The van der Waals surface area contributed by atoms with E-state index in [2.05, 4.69) is 4.90 Å². The van der Waals surface area contributed by atoms with E-state index in [-0.39, 0.29) is 0 Å². The summed E-state index contributed by atoms with van der Waals surface area (Å²) in [6, 6.07) is 5.54. The Bertz CT molecular complexity index is 467. The number of benzene rings is 1. The van der Waals surface area contributed by atoms with E-state index in [1.807, 2.05) is 12.1 Å². The minimum absolute atomic E-state index is 0.629. The molecular formula is C13H14ClNO3. The molecule has 0 unspecified atom stereocenters. The number of carboxylic acids is 1. The molecule has 1 fully saturated rings. The number of hydrogen-bond acceptors (Lipinski definition) is 3. The van der Waals surface area contributed by atoms with E-state index >= 15 is 0 Å². The summed E-state index contributed by atoms with van der Waals surface area (Å²) in [6.07, 6.45) is 2.62. The second-order valence-corrected chi connectivity index (χ2v) is 4.39. The molecule has 18 heavy (non-hydrogen) atoms. The summed E-state index contributed by atoms with van der Waals surface area (Å²) in [5, 5.41) is 9.19. The maximum atomic E-state index is 10.4. The number of rotatable bonds is 3. The van der Waals surface area contributed by atoms with Crippen LogP contribution in [0.1, 0.15) is 5.56 Å². The van der Waals surface area contributed by atoms with Crippen LogP contribution in [0.15, 0.2) is 24.3 Å². The van der Waals surface area contributed by atoms with Crippen molar-refractivity contribution in [2.75, 3.05) is 31.2 Å². The van der Waals surface area contributed by atoms with E-state index in [1.165, 1.54) is 6.08 Å². The number of nitrogens with zero attached hydrogens (tertiary/aromatic N) is 1. The monoisotopic (exact) mass is 267 g/mol. The summed E-state index contributed by atoms with van der Waals surface area (Å²) >= 11 is 6.21. The first-order valence-corrected chi connectivity index (χ1v) is 6.08. The maximum Gasteiger partial charge on any atom is 0.328 e. The predicted octanol–water partition coefficient (Wildman–Crippen LogP) is 2.27. The van der Waals surface area contributed by atoms with Crippen molar-refractivity contribution in [1.29, 1.82) is 0 Å². The molecule has 4 nitrogen and oxygen atoms in total. The van der Waals surface area contributed by atoms with Crippen molar-refractivity contribution in [3.05, 3.63) is 34.9 Å². The minimum atomic E-state index is -0.969. The Morgan fingerprint density at radius 2 is 2.11 bits per heavy atom. The van der Waals surface area contributed by atoms with E-state index in [1.54, 1.807) is 6.07 Å². The van der Waals surface area contributed by atoms with Gasteiger partial charge in [-0.15, -0.1) is 0 Å². The molecule has 5 heteroatoms. The zero-order valence-corrected chi connectivity index (χ0v) is 10.6. The highest BCUT2D eigenvalue weighted by molar-refractivity contribution is 6.33. The van der Waals surface area contributed by atoms with E-state index in [9.17, 15) is 4.79 Å². The van der Waals surface area contributed by atoms with Crippen LogP contribution in [0.4, 0.5) is 5.69 Å². The Kier molecular flexibility index (Phi) is 4.23. The molecule has 1 aliphatic heterocycles. The number of carboxylic acid groups (broad SMARTS) is 1. The fourth-order valence-electron chi connectivity index (χ4n) is 1.86. The molecule has 0 spiro atoms. The van der Waals surface area contributed by atoms with Crippen LogP contribution in [0.2, 0.25) is 5.02 Å². The lowest BCUT2D eigenvalue weighted by atomic mass is 10.1.